The van der Waals surface area contributed by atoms with E-state index < -0.39 is 0 Å². The van der Waals surface area contributed by atoms with Crippen molar-refractivity contribution in [1.29, 1.82) is 0 Å². The number of unbranched alkanes of at least 4 members (excludes halogenated alkanes) is 2. The average molecular weight is 545 g/mol. The van der Waals surface area contributed by atoms with Crippen LogP contribution in [-0.4, -0.2) is 0 Å². The summed E-state index contributed by atoms with van der Waals surface area (Å²) in [6, 6.07) is 31.2. The summed E-state index contributed by atoms with van der Waals surface area (Å²) in [7, 11) is 2.30. The topological polar surface area (TPSA) is 9.23 Å². The van der Waals surface area contributed by atoms with Crippen molar-refractivity contribution in [1.82, 2.24) is 0 Å². The van der Waals surface area contributed by atoms with Crippen molar-refractivity contribution < 1.29 is 4.52 Å². The van der Waals surface area contributed by atoms with Gasteiger partial charge in [-0.1, -0.05) is 142 Å². The fourth-order valence-corrected chi connectivity index (χ4v) is 6.24. The monoisotopic (exact) mass is 544 g/mol. The summed E-state index contributed by atoms with van der Waals surface area (Å²) in [4.78, 5) is 0. The van der Waals surface area contributed by atoms with Crippen molar-refractivity contribution in [2.24, 2.45) is 0 Å². The third-order valence-corrected chi connectivity index (χ3v) is 8.62. The van der Waals surface area contributed by atoms with Gasteiger partial charge in [-0.2, -0.15) is 0 Å². The van der Waals surface area contributed by atoms with E-state index in [1.165, 1.54) is 88.6 Å². The minimum Gasteiger partial charge on any atom is -0.480 e. The molecule has 40 heavy (non-hydrogen) atoms. The van der Waals surface area contributed by atoms with Crippen molar-refractivity contribution in [3.05, 3.63) is 124 Å². The van der Waals surface area contributed by atoms with Crippen LogP contribution in [0.1, 0.15) is 91.3 Å². The zero-order valence-electron chi connectivity index (χ0n) is 24.1. The summed E-state index contributed by atoms with van der Waals surface area (Å²) in [5.41, 5.74) is 12.2. The molecule has 0 radical (unpaired) electrons. The van der Waals surface area contributed by atoms with Gasteiger partial charge in [0.05, 0.1) is 9.47 Å². The molecule has 0 aromatic heterocycles. The van der Waals surface area contributed by atoms with E-state index in [9.17, 15) is 0 Å². The molecule has 5 rings (SSSR count). The van der Waals surface area contributed by atoms with Gasteiger partial charge in [0.2, 0.25) is 0 Å². The second-order valence-corrected chi connectivity index (χ2v) is 11.4. The molecule has 1 aliphatic rings. The molecule has 4 aromatic rings. The number of fused-ring (bicyclic) bond motifs is 3. The van der Waals surface area contributed by atoms with E-state index in [2.05, 4.69) is 127 Å². The van der Waals surface area contributed by atoms with Crippen molar-refractivity contribution in [2.45, 2.75) is 64.7 Å². The lowest BCUT2D eigenvalue weighted by Crippen LogP contribution is -2.25. The lowest BCUT2D eigenvalue weighted by atomic mass is 9.70. The van der Waals surface area contributed by atoms with Gasteiger partial charge in [0.1, 0.15) is 5.75 Å². The van der Waals surface area contributed by atoms with E-state index in [0.717, 1.165) is 5.75 Å². The number of rotatable bonds is 11. The van der Waals surface area contributed by atoms with Crippen LogP contribution in [0.3, 0.4) is 0 Å². The molecule has 0 saturated heterocycles. The van der Waals surface area contributed by atoms with Crippen LogP contribution in [0.25, 0.3) is 35.4 Å². The highest BCUT2D eigenvalue weighted by Crippen LogP contribution is 2.54. The van der Waals surface area contributed by atoms with Crippen LogP contribution < -0.4 is 4.52 Å². The van der Waals surface area contributed by atoms with Crippen LogP contribution in [0.2, 0.25) is 0 Å². The summed E-state index contributed by atoms with van der Waals surface area (Å²) >= 11 is 0. The lowest BCUT2D eigenvalue weighted by molar-refractivity contribution is 0.414. The van der Waals surface area contributed by atoms with Gasteiger partial charge >= 0.3 is 0 Å². The van der Waals surface area contributed by atoms with Crippen LogP contribution >= 0.6 is 9.47 Å². The maximum Gasteiger partial charge on any atom is 0.122 e. The average Bonchev–Trinajstić information content (AvgIpc) is 3.26. The first-order chi connectivity index (χ1) is 19.6. The van der Waals surface area contributed by atoms with Gasteiger partial charge in [-0.25, -0.2) is 0 Å². The van der Waals surface area contributed by atoms with Gasteiger partial charge in [-0.3, -0.25) is 0 Å². The van der Waals surface area contributed by atoms with E-state index in [0.29, 0.717) is 0 Å². The molecular weight excluding hydrogens is 503 g/mol. The minimum absolute atomic E-state index is 0.0615. The van der Waals surface area contributed by atoms with Crippen LogP contribution in [0, 0.1) is 6.92 Å². The molecule has 1 unspecified atom stereocenters. The van der Waals surface area contributed by atoms with Crippen LogP contribution in [-0.2, 0) is 5.41 Å². The van der Waals surface area contributed by atoms with E-state index >= 15 is 0 Å². The van der Waals surface area contributed by atoms with Gasteiger partial charge in [-0.05, 0) is 76.4 Å². The van der Waals surface area contributed by atoms with Crippen LogP contribution in [0.4, 0.5) is 0 Å². The Morgan fingerprint density at radius 2 is 1.02 bits per heavy atom. The van der Waals surface area contributed by atoms with Gasteiger partial charge in [-0.15, -0.1) is 0 Å². The van der Waals surface area contributed by atoms with Crippen molar-refractivity contribution in [2.75, 3.05) is 0 Å². The Bertz CT molecular complexity index is 1480. The Labute approximate surface area is 243 Å². The van der Waals surface area contributed by atoms with Crippen molar-refractivity contribution >= 4 is 33.8 Å². The first-order valence-corrected chi connectivity index (χ1v) is 15.2. The fraction of sp³-hybridized carbons (Fsp3) is 0.263. The minimum atomic E-state index is 0.0615. The first-order valence-electron chi connectivity index (χ1n) is 14.8. The predicted molar refractivity (Wildman–Crippen MR) is 178 cm³/mol. The van der Waals surface area contributed by atoms with Gasteiger partial charge in [0, 0.05) is 5.41 Å². The lowest BCUT2D eigenvalue weighted by Gasteiger charge is -2.33. The number of hydrogen-bond acceptors (Lipinski definition) is 1. The summed E-state index contributed by atoms with van der Waals surface area (Å²) in [6.45, 7) is 6.77. The molecule has 0 saturated carbocycles. The molecule has 204 valence electrons. The smallest absolute Gasteiger partial charge is 0.122 e. The van der Waals surface area contributed by atoms with Crippen molar-refractivity contribution in [3.8, 4) is 16.9 Å². The maximum atomic E-state index is 5.24. The molecular formula is C38H41OP. The summed E-state index contributed by atoms with van der Waals surface area (Å²) in [5.74, 6) is 0.849. The molecule has 0 aliphatic heterocycles. The van der Waals surface area contributed by atoms with Crippen molar-refractivity contribution in [3.63, 3.8) is 0 Å². The van der Waals surface area contributed by atoms with E-state index in [-0.39, 0.29) is 5.41 Å². The summed E-state index contributed by atoms with van der Waals surface area (Å²) in [6.07, 6.45) is 16.2. The maximum absolute atomic E-state index is 5.24. The quantitative estimate of drug-likeness (QED) is 0.135. The standard InChI is InChI=1S/C38H41OP/c1-4-6-24-38(25-7-5-2)36-26-31(14-12-29-10-8-28(3)9-11-29)18-22-34(36)35-23-19-32(27-37(35)38)15-13-30-16-20-33(39-40)21-17-30/h8-23,26-27H,4-7,24-25,40H2,1-3H3. The predicted octanol–water partition coefficient (Wildman–Crippen LogP) is 11.2. The Morgan fingerprint density at radius 3 is 1.48 bits per heavy atom. The number of aryl methyl sites for hydroxylation is 1. The highest BCUT2D eigenvalue weighted by atomic mass is 31.0. The van der Waals surface area contributed by atoms with Crippen LogP contribution in [0.5, 0.6) is 5.75 Å². The third-order valence-electron chi connectivity index (χ3n) is 8.35. The molecule has 1 aliphatic carbocycles. The molecule has 1 nitrogen and oxygen atoms in total. The second-order valence-electron chi connectivity index (χ2n) is 11.2. The van der Waals surface area contributed by atoms with Gasteiger partial charge < -0.3 is 4.52 Å². The Hall–Kier alpha value is -3.41. The SMILES string of the molecule is CCCCC1(CCCC)c2cc(C=Cc3ccc(C)cc3)ccc2-c2ccc(C=Cc3ccc(OP)cc3)cc21. The highest BCUT2D eigenvalue weighted by Gasteiger charge is 2.42. The molecule has 0 amide bonds. The molecule has 0 fully saturated rings. The van der Waals surface area contributed by atoms with Crippen LogP contribution in [0.15, 0.2) is 84.9 Å². The fourth-order valence-electron chi connectivity index (χ4n) is 6.08. The molecule has 0 bridgehead atoms. The van der Waals surface area contributed by atoms with Gasteiger partial charge in [0.25, 0.3) is 0 Å². The number of hydrogen-bond donors (Lipinski definition) is 0. The summed E-state index contributed by atoms with van der Waals surface area (Å²) in [5, 5.41) is 0. The molecule has 4 aromatic carbocycles. The van der Waals surface area contributed by atoms with E-state index in [4.69, 9.17) is 4.52 Å². The first kappa shape index (κ1) is 28.1. The molecule has 0 heterocycles. The Balaban J connectivity index is 1.54. The normalized spacial score (nSPS) is 13.6. The second kappa shape index (κ2) is 12.8. The molecule has 1 atom stereocenters. The van der Waals surface area contributed by atoms with E-state index in [1.807, 2.05) is 12.1 Å². The zero-order chi connectivity index (χ0) is 28.0. The zero-order valence-corrected chi connectivity index (χ0v) is 25.3. The summed E-state index contributed by atoms with van der Waals surface area (Å²) < 4.78 is 5.24. The molecule has 0 N–H and O–H groups in total. The molecule has 0 spiro atoms. The molecule has 2 heteroatoms. The highest BCUT2D eigenvalue weighted by molar-refractivity contribution is 7.10. The van der Waals surface area contributed by atoms with Gasteiger partial charge in [0.15, 0.2) is 0 Å². The van der Waals surface area contributed by atoms with E-state index in [1.54, 1.807) is 0 Å². The Morgan fingerprint density at radius 1 is 0.600 bits per heavy atom. The Kier molecular flexibility index (Phi) is 9.03. The number of benzene rings is 4. The largest absolute Gasteiger partial charge is 0.480 e. The third kappa shape index (κ3) is 6.01.